The summed E-state index contributed by atoms with van der Waals surface area (Å²) in [6.07, 6.45) is 0. The minimum absolute atomic E-state index is 0.419. The molecule has 16 heavy (non-hydrogen) atoms. The first kappa shape index (κ1) is 16.1. The summed E-state index contributed by atoms with van der Waals surface area (Å²) in [7, 11) is -2.66. The van der Waals surface area contributed by atoms with E-state index in [1.807, 2.05) is 0 Å². The highest BCUT2D eigenvalue weighted by molar-refractivity contribution is 6.91. The molecule has 0 bridgehead atoms. The zero-order chi connectivity index (χ0) is 13.4. The predicted molar refractivity (Wildman–Crippen MR) is 82.1 cm³/mol. The Morgan fingerprint density at radius 1 is 1.06 bits per heavy atom. The van der Waals surface area contributed by atoms with Crippen LogP contribution in [0.25, 0.3) is 0 Å². The molecule has 1 nitrogen and oxygen atoms in total. The molecule has 0 saturated carbocycles. The standard InChI is InChI=1S/C13H31NSi2/c1-12(2)11-14(15(6,7)8)16(9,10)13(3,4)5/h1,11H2,2-10H3. The van der Waals surface area contributed by atoms with Gasteiger partial charge < -0.3 is 4.23 Å². The van der Waals surface area contributed by atoms with Crippen molar-refractivity contribution in [3.05, 3.63) is 12.2 Å². The molecular weight excluding hydrogens is 226 g/mol. The average Bonchev–Trinajstić information content (AvgIpc) is 1.95. The molecule has 0 amide bonds. The Morgan fingerprint density at radius 2 is 1.44 bits per heavy atom. The Balaban J connectivity index is 5.27. The maximum Gasteiger partial charge on any atom is 0.121 e. The summed E-state index contributed by atoms with van der Waals surface area (Å²) in [6, 6.07) is 0. The number of rotatable bonds is 4. The second kappa shape index (κ2) is 4.79. The van der Waals surface area contributed by atoms with E-state index in [1.165, 1.54) is 5.57 Å². The van der Waals surface area contributed by atoms with E-state index in [1.54, 1.807) is 0 Å². The van der Waals surface area contributed by atoms with E-state index >= 15 is 0 Å². The highest BCUT2D eigenvalue weighted by Gasteiger charge is 2.45. The Hall–Kier alpha value is 0.134. The van der Waals surface area contributed by atoms with Gasteiger partial charge in [-0.2, -0.15) is 0 Å². The molecule has 0 rings (SSSR count). The van der Waals surface area contributed by atoms with Crippen LogP contribution in [0.2, 0.25) is 37.8 Å². The van der Waals surface area contributed by atoms with Gasteiger partial charge in [-0.25, -0.2) is 0 Å². The molecule has 0 N–H and O–H groups in total. The molecule has 0 aliphatic rings. The van der Waals surface area contributed by atoms with Crippen molar-refractivity contribution in [1.29, 1.82) is 0 Å². The summed E-state index contributed by atoms with van der Waals surface area (Å²) in [4.78, 5) is 0. The summed E-state index contributed by atoms with van der Waals surface area (Å²) in [5.74, 6) is 0. The minimum Gasteiger partial charge on any atom is -0.342 e. The second-order valence-corrected chi connectivity index (χ2v) is 18.0. The van der Waals surface area contributed by atoms with E-state index in [0.29, 0.717) is 5.04 Å². The molecule has 96 valence electrons. The van der Waals surface area contributed by atoms with Crippen molar-refractivity contribution in [3.8, 4) is 0 Å². The fraction of sp³-hybridized carbons (Fsp3) is 0.846. The topological polar surface area (TPSA) is 3.24 Å². The van der Waals surface area contributed by atoms with Crippen molar-refractivity contribution >= 4 is 16.5 Å². The fourth-order valence-electron chi connectivity index (χ4n) is 1.95. The molecule has 0 aliphatic heterocycles. The molecular formula is C13H31NSi2. The normalized spacial score (nSPS) is 14.4. The Labute approximate surface area is 105 Å². The van der Waals surface area contributed by atoms with Crippen molar-refractivity contribution < 1.29 is 0 Å². The van der Waals surface area contributed by atoms with Gasteiger partial charge in [0.2, 0.25) is 0 Å². The highest BCUT2D eigenvalue weighted by Crippen LogP contribution is 2.40. The summed E-state index contributed by atoms with van der Waals surface area (Å²) in [6.45, 7) is 26.9. The van der Waals surface area contributed by atoms with E-state index in [9.17, 15) is 0 Å². The maximum absolute atomic E-state index is 4.11. The third-order valence-corrected chi connectivity index (χ3v) is 14.4. The molecule has 0 saturated heterocycles. The van der Waals surface area contributed by atoms with Crippen molar-refractivity contribution in [3.63, 3.8) is 0 Å². The Morgan fingerprint density at radius 3 is 1.62 bits per heavy atom. The van der Waals surface area contributed by atoms with Gasteiger partial charge in [0.1, 0.15) is 16.5 Å². The lowest BCUT2D eigenvalue weighted by Crippen LogP contribution is -2.64. The third-order valence-electron chi connectivity index (χ3n) is 3.75. The van der Waals surface area contributed by atoms with Crippen LogP contribution >= 0.6 is 0 Å². The van der Waals surface area contributed by atoms with Crippen molar-refractivity contribution in [1.82, 2.24) is 4.23 Å². The molecule has 0 aromatic rings. The molecule has 0 fully saturated rings. The number of nitrogens with zero attached hydrogens (tertiary/aromatic N) is 1. The van der Waals surface area contributed by atoms with Gasteiger partial charge in [-0.15, -0.1) is 0 Å². The predicted octanol–water partition coefficient (Wildman–Crippen LogP) is 4.70. The zero-order valence-corrected chi connectivity index (χ0v) is 14.9. The van der Waals surface area contributed by atoms with E-state index < -0.39 is 16.5 Å². The van der Waals surface area contributed by atoms with Gasteiger partial charge in [0.15, 0.2) is 0 Å². The van der Waals surface area contributed by atoms with Crippen molar-refractivity contribution in [2.75, 3.05) is 6.54 Å². The quantitative estimate of drug-likeness (QED) is 0.521. The maximum atomic E-state index is 4.11. The number of hydrogen-bond donors (Lipinski definition) is 0. The van der Waals surface area contributed by atoms with Gasteiger partial charge in [0, 0.05) is 6.54 Å². The van der Waals surface area contributed by atoms with Gasteiger partial charge in [0.25, 0.3) is 0 Å². The zero-order valence-electron chi connectivity index (χ0n) is 12.9. The monoisotopic (exact) mass is 257 g/mol. The first-order valence-electron chi connectivity index (χ1n) is 6.22. The second-order valence-electron chi connectivity index (χ2n) is 7.52. The van der Waals surface area contributed by atoms with Crippen LogP contribution in [0.4, 0.5) is 0 Å². The van der Waals surface area contributed by atoms with Crippen LogP contribution in [0.5, 0.6) is 0 Å². The van der Waals surface area contributed by atoms with E-state index in [2.05, 4.69) is 71.2 Å². The van der Waals surface area contributed by atoms with E-state index in [4.69, 9.17) is 0 Å². The lowest BCUT2D eigenvalue weighted by Gasteiger charge is -2.52. The smallest absolute Gasteiger partial charge is 0.121 e. The molecule has 0 heterocycles. The fourth-order valence-corrected chi connectivity index (χ4v) is 11.9. The van der Waals surface area contributed by atoms with Crippen LogP contribution in [0, 0.1) is 0 Å². The Bertz CT molecular complexity index is 256. The lowest BCUT2D eigenvalue weighted by atomic mass is 10.2. The van der Waals surface area contributed by atoms with Crippen LogP contribution < -0.4 is 0 Å². The first-order valence-corrected chi connectivity index (χ1v) is 12.6. The molecule has 3 heteroatoms. The summed E-state index contributed by atoms with van der Waals surface area (Å²) >= 11 is 0. The molecule has 0 unspecified atom stereocenters. The lowest BCUT2D eigenvalue weighted by molar-refractivity contribution is 0.581. The van der Waals surface area contributed by atoms with Gasteiger partial charge in [-0.1, -0.05) is 65.7 Å². The van der Waals surface area contributed by atoms with Crippen LogP contribution in [-0.4, -0.2) is 27.2 Å². The third kappa shape index (κ3) is 3.86. The molecule has 0 spiro atoms. The Kier molecular flexibility index (Phi) is 4.83. The van der Waals surface area contributed by atoms with Crippen molar-refractivity contribution in [2.24, 2.45) is 0 Å². The first-order chi connectivity index (χ1) is 6.80. The van der Waals surface area contributed by atoms with Gasteiger partial charge in [-0.3, -0.25) is 0 Å². The van der Waals surface area contributed by atoms with Crippen LogP contribution in [0.3, 0.4) is 0 Å². The van der Waals surface area contributed by atoms with E-state index in [-0.39, 0.29) is 0 Å². The highest BCUT2D eigenvalue weighted by atomic mass is 28.4. The molecule has 0 atom stereocenters. The largest absolute Gasteiger partial charge is 0.342 e. The summed E-state index contributed by atoms with van der Waals surface area (Å²) < 4.78 is 2.84. The number of hydrogen-bond acceptors (Lipinski definition) is 1. The SMILES string of the molecule is C=C(C)CN([Si](C)(C)C)[Si](C)(C)C(C)(C)C. The van der Waals surface area contributed by atoms with Crippen molar-refractivity contribution in [2.45, 2.75) is 65.5 Å². The van der Waals surface area contributed by atoms with E-state index in [0.717, 1.165) is 6.54 Å². The molecule has 0 aromatic heterocycles. The minimum atomic E-state index is -1.40. The van der Waals surface area contributed by atoms with Gasteiger partial charge in [-0.05, 0) is 12.0 Å². The van der Waals surface area contributed by atoms with Crippen LogP contribution in [0.1, 0.15) is 27.7 Å². The van der Waals surface area contributed by atoms with Gasteiger partial charge in [0.05, 0.1) is 0 Å². The molecule has 0 radical (unpaired) electrons. The molecule has 0 aliphatic carbocycles. The average molecular weight is 258 g/mol. The summed E-state index contributed by atoms with van der Waals surface area (Å²) in [5.41, 5.74) is 1.30. The van der Waals surface area contributed by atoms with Gasteiger partial charge >= 0.3 is 0 Å². The van der Waals surface area contributed by atoms with Crippen LogP contribution in [-0.2, 0) is 0 Å². The van der Waals surface area contributed by atoms with Crippen LogP contribution in [0.15, 0.2) is 12.2 Å². The molecule has 0 aromatic carbocycles. The summed E-state index contributed by atoms with van der Waals surface area (Å²) in [5, 5.41) is 0.419.